The summed E-state index contributed by atoms with van der Waals surface area (Å²) in [5.41, 5.74) is 4.25. The van der Waals surface area contributed by atoms with Crippen LogP contribution in [0, 0.1) is 19.7 Å². The molecule has 0 bridgehead atoms. The van der Waals surface area contributed by atoms with Gasteiger partial charge < -0.3 is 5.32 Å². The van der Waals surface area contributed by atoms with E-state index in [0.29, 0.717) is 18.9 Å². The van der Waals surface area contributed by atoms with E-state index >= 15 is 0 Å². The smallest absolute Gasteiger partial charge is 0.258 e. The van der Waals surface area contributed by atoms with Crippen molar-refractivity contribution in [3.8, 4) is 0 Å². The molecule has 0 unspecified atom stereocenters. The van der Waals surface area contributed by atoms with Gasteiger partial charge in [0.05, 0.1) is 5.69 Å². The van der Waals surface area contributed by atoms with Crippen LogP contribution < -0.4 is 10.6 Å². The molecule has 8 heteroatoms. The summed E-state index contributed by atoms with van der Waals surface area (Å²) >= 11 is 3.44. The van der Waals surface area contributed by atoms with Crippen molar-refractivity contribution in [1.29, 1.82) is 0 Å². The van der Waals surface area contributed by atoms with E-state index < -0.39 is 11.7 Å². The molecule has 0 aliphatic heterocycles. The molecule has 0 radical (unpaired) electrons. The summed E-state index contributed by atoms with van der Waals surface area (Å²) < 4.78 is 16.4. The number of carbonyl (C=O) groups excluding carboxylic acids is 1. The lowest BCUT2D eigenvalue weighted by Gasteiger charge is -2.12. The van der Waals surface area contributed by atoms with E-state index in [-0.39, 0.29) is 5.56 Å². The number of hydrogen-bond donors (Lipinski definition) is 2. The number of amides is 1. The molecular weight excluding hydrogens is 461 g/mol. The second kappa shape index (κ2) is 10.3. The van der Waals surface area contributed by atoms with E-state index in [0.717, 1.165) is 33.7 Å². The first-order valence-electron chi connectivity index (χ1n) is 10.0. The molecule has 0 aliphatic rings. The topological polar surface area (TPSA) is 71.3 Å². The maximum Gasteiger partial charge on any atom is 0.258 e. The number of nitrogens with one attached hydrogen (secondary N) is 2. The van der Waals surface area contributed by atoms with Crippen LogP contribution in [0.5, 0.6) is 0 Å². The fourth-order valence-corrected chi connectivity index (χ4v) is 3.71. The summed E-state index contributed by atoms with van der Waals surface area (Å²) in [4.78, 5) is 17.2. The zero-order chi connectivity index (χ0) is 22.4. The lowest BCUT2D eigenvalue weighted by molar-refractivity contribution is 0.0976. The normalized spacial score (nSPS) is 11.5. The number of nitrogens with zero attached hydrogens (tertiary/aromatic N) is 3. The number of aromatic nitrogens is 2. The molecule has 3 aromatic rings. The molecule has 0 atom stereocenters. The van der Waals surface area contributed by atoms with Gasteiger partial charge in [0.15, 0.2) is 0 Å². The van der Waals surface area contributed by atoms with Gasteiger partial charge in [-0.1, -0.05) is 28.1 Å². The standard InChI is InChI=1S/C23H25BrFN5O/c1-4-30-16(3)21(15(2)29-30)11-12-26-23(27-20-10-6-8-18(24)14-20)28-22(31)17-7-5-9-19(25)13-17/h5-10,13-14H,4,11-12H2,1-3H3,(H2,26,27,28,31). The SMILES string of the molecule is CCn1nc(C)c(CCN=C(NC(=O)c2cccc(F)c2)Nc2cccc(Br)c2)c1C. The summed E-state index contributed by atoms with van der Waals surface area (Å²) in [5.74, 6) is -0.609. The minimum atomic E-state index is -0.468. The van der Waals surface area contributed by atoms with Crippen LogP contribution in [0.25, 0.3) is 0 Å². The first-order chi connectivity index (χ1) is 14.9. The van der Waals surface area contributed by atoms with Crippen molar-refractivity contribution in [2.75, 3.05) is 11.9 Å². The average Bonchev–Trinajstić information content (AvgIpc) is 3.01. The van der Waals surface area contributed by atoms with E-state index in [9.17, 15) is 9.18 Å². The van der Waals surface area contributed by atoms with Gasteiger partial charge in [-0.3, -0.25) is 19.8 Å². The Morgan fingerprint density at radius 1 is 1.19 bits per heavy atom. The highest BCUT2D eigenvalue weighted by Crippen LogP contribution is 2.16. The molecule has 2 N–H and O–H groups in total. The van der Waals surface area contributed by atoms with Crippen molar-refractivity contribution in [3.63, 3.8) is 0 Å². The average molecular weight is 486 g/mol. The van der Waals surface area contributed by atoms with Crippen LogP contribution in [0.4, 0.5) is 10.1 Å². The number of hydrogen-bond acceptors (Lipinski definition) is 3. The highest BCUT2D eigenvalue weighted by Gasteiger charge is 2.12. The van der Waals surface area contributed by atoms with Gasteiger partial charge >= 0.3 is 0 Å². The molecule has 1 heterocycles. The van der Waals surface area contributed by atoms with Gasteiger partial charge in [0.1, 0.15) is 5.82 Å². The quantitative estimate of drug-likeness (QED) is 0.386. The van der Waals surface area contributed by atoms with Crippen molar-refractivity contribution < 1.29 is 9.18 Å². The number of guanidine groups is 1. The summed E-state index contributed by atoms with van der Waals surface area (Å²) in [6, 6.07) is 13.1. The Morgan fingerprint density at radius 3 is 2.65 bits per heavy atom. The van der Waals surface area contributed by atoms with Crippen molar-refractivity contribution >= 4 is 33.5 Å². The maximum atomic E-state index is 13.5. The molecule has 162 valence electrons. The second-order valence-corrected chi connectivity index (χ2v) is 7.96. The minimum Gasteiger partial charge on any atom is -0.326 e. The fourth-order valence-electron chi connectivity index (χ4n) is 3.31. The Morgan fingerprint density at radius 2 is 1.97 bits per heavy atom. The Hall–Kier alpha value is -3.00. The van der Waals surface area contributed by atoms with Gasteiger partial charge in [-0.05, 0) is 69.2 Å². The minimum absolute atomic E-state index is 0.222. The van der Waals surface area contributed by atoms with Crippen LogP contribution in [0.15, 0.2) is 58.0 Å². The van der Waals surface area contributed by atoms with Crippen LogP contribution in [0.3, 0.4) is 0 Å². The third kappa shape index (κ3) is 6.01. The Balaban J connectivity index is 1.79. The highest BCUT2D eigenvalue weighted by atomic mass is 79.9. The largest absolute Gasteiger partial charge is 0.326 e. The Labute approximate surface area is 189 Å². The predicted octanol–water partition coefficient (Wildman–Crippen LogP) is 4.86. The molecular formula is C23H25BrFN5O. The van der Waals surface area contributed by atoms with Gasteiger partial charge in [0, 0.05) is 34.5 Å². The number of rotatable bonds is 6. The molecule has 0 aliphatic carbocycles. The zero-order valence-corrected chi connectivity index (χ0v) is 19.3. The van der Waals surface area contributed by atoms with Gasteiger partial charge in [0.2, 0.25) is 5.96 Å². The number of benzene rings is 2. The molecule has 3 rings (SSSR count). The van der Waals surface area contributed by atoms with Crippen molar-refractivity contribution in [3.05, 3.63) is 81.3 Å². The van der Waals surface area contributed by atoms with Crippen molar-refractivity contribution in [2.45, 2.75) is 33.7 Å². The third-order valence-corrected chi connectivity index (χ3v) is 5.36. The Kier molecular flexibility index (Phi) is 7.57. The molecule has 0 fully saturated rings. The summed E-state index contributed by atoms with van der Waals surface area (Å²) in [6.07, 6.45) is 0.692. The number of halogens is 2. The molecule has 2 aromatic carbocycles. The van der Waals surface area contributed by atoms with Crippen LogP contribution in [0.1, 0.15) is 34.2 Å². The van der Waals surface area contributed by atoms with E-state index in [1.54, 1.807) is 6.07 Å². The lowest BCUT2D eigenvalue weighted by atomic mass is 10.1. The molecule has 1 amide bonds. The predicted molar refractivity (Wildman–Crippen MR) is 125 cm³/mol. The maximum absolute atomic E-state index is 13.5. The van der Waals surface area contributed by atoms with E-state index in [2.05, 4.69) is 50.5 Å². The van der Waals surface area contributed by atoms with Crippen molar-refractivity contribution in [1.82, 2.24) is 15.1 Å². The molecule has 6 nitrogen and oxygen atoms in total. The Bertz CT molecular complexity index is 1110. The van der Waals surface area contributed by atoms with E-state index in [1.165, 1.54) is 18.2 Å². The molecule has 31 heavy (non-hydrogen) atoms. The van der Waals surface area contributed by atoms with Crippen LogP contribution in [-0.2, 0) is 13.0 Å². The van der Waals surface area contributed by atoms with Gasteiger partial charge in [-0.25, -0.2) is 4.39 Å². The third-order valence-electron chi connectivity index (χ3n) is 4.87. The first kappa shape index (κ1) is 22.7. The lowest BCUT2D eigenvalue weighted by Crippen LogP contribution is -2.36. The number of carbonyl (C=O) groups is 1. The van der Waals surface area contributed by atoms with Crippen LogP contribution >= 0.6 is 15.9 Å². The van der Waals surface area contributed by atoms with Gasteiger partial charge in [-0.15, -0.1) is 0 Å². The van der Waals surface area contributed by atoms with E-state index in [1.807, 2.05) is 35.9 Å². The number of aryl methyl sites for hydroxylation is 2. The summed E-state index contributed by atoms with van der Waals surface area (Å²) in [6.45, 7) is 7.37. The number of anilines is 1. The molecule has 0 saturated carbocycles. The van der Waals surface area contributed by atoms with Crippen LogP contribution in [0.2, 0.25) is 0 Å². The molecule has 1 aromatic heterocycles. The summed E-state index contributed by atoms with van der Waals surface area (Å²) in [7, 11) is 0. The van der Waals surface area contributed by atoms with Gasteiger partial charge in [-0.2, -0.15) is 5.10 Å². The fraction of sp³-hybridized carbons (Fsp3) is 0.261. The van der Waals surface area contributed by atoms with E-state index in [4.69, 9.17) is 0 Å². The first-order valence-corrected chi connectivity index (χ1v) is 10.8. The highest BCUT2D eigenvalue weighted by molar-refractivity contribution is 9.10. The monoisotopic (exact) mass is 485 g/mol. The number of aliphatic imine (C=N–C) groups is 1. The zero-order valence-electron chi connectivity index (χ0n) is 17.7. The van der Waals surface area contributed by atoms with Crippen LogP contribution in [-0.4, -0.2) is 28.2 Å². The summed E-state index contributed by atoms with van der Waals surface area (Å²) in [5, 5.41) is 10.4. The molecule has 0 saturated heterocycles. The van der Waals surface area contributed by atoms with Crippen molar-refractivity contribution in [2.24, 2.45) is 4.99 Å². The molecule has 0 spiro atoms. The van der Waals surface area contributed by atoms with Gasteiger partial charge in [0.25, 0.3) is 5.91 Å². The second-order valence-electron chi connectivity index (χ2n) is 7.05.